The topological polar surface area (TPSA) is 140 Å². The molecule has 0 spiro atoms. The average Bonchev–Trinajstić information content (AvgIpc) is 3.01. The maximum atomic E-state index is 12.3. The molecule has 0 heterocycles. The number of allylic oxidation sites excluding steroid dienone is 6. The molecule has 272 valence electrons. The first kappa shape index (κ1) is 45.0. The Labute approximate surface area is 285 Å². The Bertz CT molecular complexity index is 936. The number of aliphatic hydroxyl groups is 1. The van der Waals surface area contributed by atoms with Gasteiger partial charge in [0.25, 0.3) is 0 Å². The molecule has 0 amide bonds. The van der Waals surface area contributed by atoms with Crippen LogP contribution in [0.2, 0.25) is 0 Å². The molecule has 0 bridgehead atoms. The van der Waals surface area contributed by atoms with Crippen LogP contribution in [0.1, 0.15) is 143 Å². The van der Waals surface area contributed by atoms with Crippen molar-refractivity contribution in [2.45, 2.75) is 155 Å². The lowest BCUT2D eigenvalue weighted by molar-refractivity contribution is -0.161. The first-order chi connectivity index (χ1) is 22.5. The third-order valence-electron chi connectivity index (χ3n) is 7.36. The predicted octanol–water partition coefficient (Wildman–Crippen LogP) is 9.22. The van der Waals surface area contributed by atoms with Gasteiger partial charge in [-0.15, -0.1) is 0 Å². The van der Waals surface area contributed by atoms with Gasteiger partial charge < -0.3 is 24.4 Å². The van der Waals surface area contributed by atoms with Crippen molar-refractivity contribution in [1.29, 1.82) is 0 Å². The first-order valence-electron chi connectivity index (χ1n) is 17.9. The van der Waals surface area contributed by atoms with Crippen LogP contribution < -0.4 is 0 Å². The second kappa shape index (κ2) is 31.3. The standard InChI is InChI=1S/C37H65O9P/c1-4-5-6-7-8-9-13-17-22-27-34(38)28-23-18-15-20-24-29-36(39)44-31-35(32-45-47(41,42)43)46-37(40)30-25-19-14-11-10-12-16-21-26-33(2)3/h8-9,15,17-18,22-23,28,33-35,38H,4-7,10-14,16,19-21,24-27,29-32H2,1-3H3,(H2,41,42,43)/b9-8-,18-15+,22-17-,28-23-/t34?,35-/m1/s1. The van der Waals surface area contributed by atoms with Crippen LogP contribution >= 0.6 is 7.82 Å². The van der Waals surface area contributed by atoms with Gasteiger partial charge in [-0.1, -0.05) is 134 Å². The SMILES string of the molecule is CCCCC/C=C\C/C=C\CC(O)/C=C\C=C\CCCC(=O)OC[C@H](COP(=O)(O)O)OC(=O)CCCCCCCCCCC(C)C. The number of phosphoric acid groups is 1. The van der Waals surface area contributed by atoms with Crippen molar-refractivity contribution in [1.82, 2.24) is 0 Å². The van der Waals surface area contributed by atoms with Crippen LogP contribution in [0.3, 0.4) is 0 Å². The van der Waals surface area contributed by atoms with Gasteiger partial charge in [0.2, 0.25) is 0 Å². The molecule has 0 aromatic rings. The molecule has 3 N–H and O–H groups in total. The fourth-order valence-corrected chi connectivity index (χ4v) is 4.99. The van der Waals surface area contributed by atoms with Crippen LogP contribution in [0.15, 0.2) is 48.6 Å². The summed E-state index contributed by atoms with van der Waals surface area (Å²) in [4.78, 5) is 42.6. The molecular formula is C37H65O9P. The number of unbranched alkanes of at least 4 members (excludes halogenated alkanes) is 11. The Balaban J connectivity index is 4.20. The molecule has 1 unspecified atom stereocenters. The van der Waals surface area contributed by atoms with E-state index in [9.17, 15) is 19.3 Å². The second-order valence-electron chi connectivity index (χ2n) is 12.5. The maximum Gasteiger partial charge on any atom is 0.469 e. The van der Waals surface area contributed by atoms with Crippen molar-refractivity contribution in [2.75, 3.05) is 13.2 Å². The summed E-state index contributed by atoms with van der Waals surface area (Å²) in [6, 6.07) is 0. The molecule has 47 heavy (non-hydrogen) atoms. The Hall–Kier alpha value is -2.03. The van der Waals surface area contributed by atoms with Gasteiger partial charge in [-0.2, -0.15) is 0 Å². The molecule has 2 atom stereocenters. The van der Waals surface area contributed by atoms with Crippen molar-refractivity contribution < 1.29 is 43.0 Å². The van der Waals surface area contributed by atoms with Crippen LogP contribution in [0.4, 0.5) is 0 Å². The molecule has 0 aliphatic carbocycles. The molecule has 0 fully saturated rings. The number of rotatable bonds is 31. The van der Waals surface area contributed by atoms with Gasteiger partial charge in [0.1, 0.15) is 6.61 Å². The van der Waals surface area contributed by atoms with Gasteiger partial charge in [-0.05, 0) is 50.9 Å². The highest BCUT2D eigenvalue weighted by atomic mass is 31.2. The number of hydrogen-bond donors (Lipinski definition) is 3. The number of esters is 2. The highest BCUT2D eigenvalue weighted by Gasteiger charge is 2.22. The molecule has 9 nitrogen and oxygen atoms in total. The lowest BCUT2D eigenvalue weighted by Crippen LogP contribution is -2.29. The molecule has 0 aliphatic heterocycles. The summed E-state index contributed by atoms with van der Waals surface area (Å²) in [6.45, 7) is 5.77. The van der Waals surface area contributed by atoms with E-state index in [2.05, 4.69) is 43.5 Å². The normalized spacial score (nSPS) is 13.9. The average molecular weight is 685 g/mol. The van der Waals surface area contributed by atoms with E-state index in [1.807, 2.05) is 18.2 Å². The van der Waals surface area contributed by atoms with E-state index in [4.69, 9.17) is 19.3 Å². The zero-order chi connectivity index (χ0) is 35.0. The minimum absolute atomic E-state index is 0.131. The molecule has 10 heteroatoms. The van der Waals surface area contributed by atoms with Crippen LogP contribution in [0, 0.1) is 5.92 Å². The zero-order valence-electron chi connectivity index (χ0n) is 29.4. The third-order valence-corrected chi connectivity index (χ3v) is 7.84. The highest BCUT2D eigenvalue weighted by molar-refractivity contribution is 7.46. The van der Waals surface area contributed by atoms with E-state index >= 15 is 0 Å². The second-order valence-corrected chi connectivity index (χ2v) is 13.8. The molecule has 0 aromatic carbocycles. The zero-order valence-corrected chi connectivity index (χ0v) is 30.3. The summed E-state index contributed by atoms with van der Waals surface area (Å²) in [5.74, 6) is -0.263. The Morgan fingerprint density at radius 2 is 1.36 bits per heavy atom. The Morgan fingerprint density at radius 3 is 2.04 bits per heavy atom. The van der Waals surface area contributed by atoms with Crippen molar-refractivity contribution in [3.05, 3.63) is 48.6 Å². The van der Waals surface area contributed by atoms with Crippen molar-refractivity contribution in [3.63, 3.8) is 0 Å². The summed E-state index contributed by atoms with van der Waals surface area (Å²) in [5, 5.41) is 10.0. The van der Waals surface area contributed by atoms with Gasteiger partial charge in [0.15, 0.2) is 6.10 Å². The summed E-state index contributed by atoms with van der Waals surface area (Å²) >= 11 is 0. The molecule has 0 radical (unpaired) electrons. The van der Waals surface area contributed by atoms with E-state index < -0.39 is 38.6 Å². The number of ether oxygens (including phenoxy) is 2. The summed E-state index contributed by atoms with van der Waals surface area (Å²) in [5.41, 5.74) is 0. The summed E-state index contributed by atoms with van der Waals surface area (Å²) < 4.78 is 26.1. The van der Waals surface area contributed by atoms with Gasteiger partial charge in [-0.25, -0.2) is 4.57 Å². The number of hydrogen-bond acceptors (Lipinski definition) is 7. The van der Waals surface area contributed by atoms with E-state index in [0.717, 1.165) is 38.0 Å². The lowest BCUT2D eigenvalue weighted by Gasteiger charge is -2.18. The molecule has 0 saturated carbocycles. The number of aliphatic hydroxyl groups excluding tert-OH is 1. The largest absolute Gasteiger partial charge is 0.469 e. The van der Waals surface area contributed by atoms with Crippen molar-refractivity contribution in [2.24, 2.45) is 5.92 Å². The molecule has 0 saturated heterocycles. The highest BCUT2D eigenvalue weighted by Crippen LogP contribution is 2.36. The van der Waals surface area contributed by atoms with Crippen LogP contribution in [0.25, 0.3) is 0 Å². The van der Waals surface area contributed by atoms with Gasteiger partial charge in [-0.3, -0.25) is 14.1 Å². The monoisotopic (exact) mass is 684 g/mol. The van der Waals surface area contributed by atoms with E-state index in [1.54, 1.807) is 12.2 Å². The van der Waals surface area contributed by atoms with Gasteiger partial charge in [0.05, 0.1) is 12.7 Å². The van der Waals surface area contributed by atoms with Crippen LogP contribution in [-0.2, 0) is 28.2 Å². The smallest absolute Gasteiger partial charge is 0.462 e. The van der Waals surface area contributed by atoms with Crippen LogP contribution in [-0.4, -0.2) is 52.3 Å². The number of carbonyl (C=O) groups is 2. The minimum Gasteiger partial charge on any atom is -0.462 e. The van der Waals surface area contributed by atoms with Crippen LogP contribution in [0.5, 0.6) is 0 Å². The Kier molecular flexibility index (Phi) is 29.9. The van der Waals surface area contributed by atoms with E-state index in [-0.39, 0.29) is 19.4 Å². The maximum absolute atomic E-state index is 12.3. The summed E-state index contributed by atoms with van der Waals surface area (Å²) in [6.07, 6.45) is 31.7. The molecular weight excluding hydrogens is 619 g/mol. The van der Waals surface area contributed by atoms with Crippen molar-refractivity contribution >= 4 is 19.8 Å². The van der Waals surface area contributed by atoms with E-state index in [0.29, 0.717) is 25.7 Å². The van der Waals surface area contributed by atoms with Crippen molar-refractivity contribution in [3.8, 4) is 0 Å². The summed E-state index contributed by atoms with van der Waals surface area (Å²) in [7, 11) is -4.78. The molecule has 0 aromatic heterocycles. The first-order valence-corrected chi connectivity index (χ1v) is 19.4. The Morgan fingerprint density at radius 1 is 0.723 bits per heavy atom. The third kappa shape index (κ3) is 35.1. The van der Waals surface area contributed by atoms with Gasteiger partial charge >= 0.3 is 19.8 Å². The number of carbonyl (C=O) groups excluding carboxylic acids is 2. The lowest BCUT2D eigenvalue weighted by atomic mass is 10.0. The predicted molar refractivity (Wildman–Crippen MR) is 190 cm³/mol. The van der Waals surface area contributed by atoms with E-state index in [1.165, 1.54) is 51.4 Å². The number of phosphoric ester groups is 1. The minimum atomic E-state index is -4.78. The molecule has 0 aliphatic rings. The quantitative estimate of drug-likeness (QED) is 0.0214. The van der Waals surface area contributed by atoms with Gasteiger partial charge in [0, 0.05) is 12.8 Å². The fraction of sp³-hybridized carbons (Fsp3) is 0.730. The molecule has 0 rings (SSSR count). The fourth-order valence-electron chi connectivity index (χ4n) is 4.63.